The van der Waals surface area contributed by atoms with Crippen LogP contribution >= 0.6 is 0 Å². The lowest BCUT2D eigenvalue weighted by Gasteiger charge is -2.35. The Hall–Kier alpha value is -1.75. The molecule has 2 rings (SSSR count). The van der Waals surface area contributed by atoms with Crippen molar-refractivity contribution >= 4 is 5.91 Å². The van der Waals surface area contributed by atoms with Gasteiger partial charge in [-0.15, -0.1) is 0 Å². The van der Waals surface area contributed by atoms with Crippen LogP contribution in [0.2, 0.25) is 0 Å². The van der Waals surface area contributed by atoms with Crippen molar-refractivity contribution in [2.45, 2.75) is 44.6 Å². The summed E-state index contributed by atoms with van der Waals surface area (Å²) >= 11 is 0. The lowest BCUT2D eigenvalue weighted by atomic mass is 9.78. The van der Waals surface area contributed by atoms with Crippen molar-refractivity contribution in [2.75, 3.05) is 6.54 Å². The average Bonchev–Trinajstić information content (AvgIpc) is 2.48. The molecule has 0 aromatic heterocycles. The molecule has 0 saturated heterocycles. The highest BCUT2D eigenvalue weighted by Crippen LogP contribution is 2.33. The normalized spacial score (nSPS) is 25.5. The Balaban J connectivity index is 1.93. The molecule has 0 atom stereocenters. The third-order valence-corrected chi connectivity index (χ3v) is 4.42. The summed E-state index contributed by atoms with van der Waals surface area (Å²) in [6.07, 6.45) is 4.43. The Morgan fingerprint density at radius 3 is 2.62 bits per heavy atom. The van der Waals surface area contributed by atoms with Crippen LogP contribution in [0.25, 0.3) is 0 Å². The predicted octanol–water partition coefficient (Wildman–Crippen LogP) is 2.16. The molecule has 21 heavy (non-hydrogen) atoms. The van der Waals surface area contributed by atoms with Crippen molar-refractivity contribution in [3.8, 4) is 11.5 Å². The largest absolute Gasteiger partial charge is 0.508 e. The van der Waals surface area contributed by atoms with Crippen molar-refractivity contribution in [3.05, 3.63) is 23.8 Å². The first-order chi connectivity index (χ1) is 9.93. The summed E-state index contributed by atoms with van der Waals surface area (Å²) in [4.78, 5) is 12.0. The monoisotopic (exact) mass is 293 g/mol. The molecule has 1 amide bonds. The molecule has 0 aliphatic heterocycles. The number of amides is 1. The summed E-state index contributed by atoms with van der Waals surface area (Å²) in [5.74, 6) is -0.0994. The molecule has 1 aliphatic rings. The van der Waals surface area contributed by atoms with Crippen LogP contribution in [0.5, 0.6) is 11.5 Å². The van der Waals surface area contributed by atoms with Gasteiger partial charge in [0.1, 0.15) is 11.5 Å². The molecule has 0 unspecified atom stereocenters. The number of hydrogen-bond acceptors (Lipinski definition) is 4. The predicted molar refractivity (Wildman–Crippen MR) is 79.3 cm³/mol. The van der Waals surface area contributed by atoms with E-state index in [1.165, 1.54) is 18.2 Å². The van der Waals surface area contributed by atoms with E-state index in [1.807, 2.05) is 0 Å². The fraction of sp³-hybridized carbons (Fsp3) is 0.562. The van der Waals surface area contributed by atoms with Crippen LogP contribution in [-0.2, 0) is 0 Å². The highest BCUT2D eigenvalue weighted by Gasteiger charge is 2.33. The third kappa shape index (κ3) is 3.88. The molecule has 0 spiro atoms. The van der Waals surface area contributed by atoms with E-state index in [1.54, 1.807) is 0 Å². The minimum absolute atomic E-state index is 0.0147. The van der Waals surface area contributed by atoms with Crippen LogP contribution in [0.3, 0.4) is 0 Å². The number of aliphatic hydroxyl groups is 1. The lowest BCUT2D eigenvalue weighted by molar-refractivity contribution is -0.00788. The molecule has 1 fully saturated rings. The molecule has 1 aromatic carbocycles. The number of hydrogen-bond donors (Lipinski definition) is 4. The fourth-order valence-electron chi connectivity index (χ4n) is 2.85. The van der Waals surface area contributed by atoms with Gasteiger partial charge in [0.2, 0.25) is 0 Å². The first kappa shape index (κ1) is 15.6. The van der Waals surface area contributed by atoms with E-state index in [0.717, 1.165) is 19.3 Å². The lowest BCUT2D eigenvalue weighted by Crippen LogP contribution is -2.45. The number of carbonyl (C=O) groups excluding carboxylic acids is 1. The molecule has 5 nitrogen and oxygen atoms in total. The van der Waals surface area contributed by atoms with Gasteiger partial charge in [-0.25, -0.2) is 0 Å². The SMILES string of the molecule is CCC1CCC(O)(CNC(=O)c2cc(O)ccc2O)CC1. The van der Waals surface area contributed by atoms with Gasteiger partial charge < -0.3 is 20.6 Å². The Bertz CT molecular complexity index is 507. The zero-order valence-corrected chi connectivity index (χ0v) is 12.3. The van der Waals surface area contributed by atoms with Gasteiger partial charge in [0.25, 0.3) is 5.91 Å². The van der Waals surface area contributed by atoms with Crippen molar-refractivity contribution in [2.24, 2.45) is 5.92 Å². The molecule has 4 N–H and O–H groups in total. The molecular weight excluding hydrogens is 270 g/mol. The quantitative estimate of drug-likeness (QED) is 0.640. The highest BCUT2D eigenvalue weighted by molar-refractivity contribution is 5.97. The maximum absolute atomic E-state index is 12.0. The van der Waals surface area contributed by atoms with E-state index in [-0.39, 0.29) is 23.6 Å². The second kappa shape index (κ2) is 6.35. The molecule has 116 valence electrons. The minimum atomic E-state index is -0.867. The molecule has 1 aliphatic carbocycles. The number of phenols is 2. The third-order valence-electron chi connectivity index (χ3n) is 4.42. The van der Waals surface area contributed by atoms with Gasteiger partial charge in [0.05, 0.1) is 11.2 Å². The van der Waals surface area contributed by atoms with E-state index >= 15 is 0 Å². The molecule has 0 bridgehead atoms. The molecule has 0 radical (unpaired) electrons. The van der Waals surface area contributed by atoms with Crippen LogP contribution in [0.15, 0.2) is 18.2 Å². The maximum Gasteiger partial charge on any atom is 0.255 e. The second-order valence-electron chi connectivity index (χ2n) is 5.96. The van der Waals surface area contributed by atoms with E-state index in [9.17, 15) is 20.1 Å². The first-order valence-electron chi connectivity index (χ1n) is 7.46. The van der Waals surface area contributed by atoms with Gasteiger partial charge in [0, 0.05) is 6.54 Å². The first-order valence-corrected chi connectivity index (χ1v) is 7.46. The zero-order chi connectivity index (χ0) is 15.5. The Labute approximate surface area is 124 Å². The van der Waals surface area contributed by atoms with E-state index in [4.69, 9.17) is 0 Å². The molecule has 5 heteroatoms. The van der Waals surface area contributed by atoms with E-state index in [2.05, 4.69) is 12.2 Å². The summed E-state index contributed by atoms with van der Waals surface area (Å²) in [5.41, 5.74) is -0.853. The Morgan fingerprint density at radius 1 is 1.33 bits per heavy atom. The summed E-state index contributed by atoms with van der Waals surface area (Å²) in [5, 5.41) is 32.1. The van der Waals surface area contributed by atoms with Gasteiger partial charge in [0.15, 0.2) is 0 Å². The number of nitrogens with one attached hydrogen (secondary N) is 1. The van der Waals surface area contributed by atoms with E-state index < -0.39 is 11.5 Å². The molecule has 0 heterocycles. The highest BCUT2D eigenvalue weighted by atomic mass is 16.3. The number of carbonyl (C=O) groups is 1. The summed E-state index contributed by atoms with van der Waals surface area (Å²) in [7, 11) is 0. The fourth-order valence-corrected chi connectivity index (χ4v) is 2.85. The summed E-state index contributed by atoms with van der Waals surface area (Å²) in [6.45, 7) is 2.32. The Kier molecular flexibility index (Phi) is 4.73. The number of phenolic OH excluding ortho intramolecular Hbond substituents is 2. The number of rotatable bonds is 4. The van der Waals surface area contributed by atoms with Crippen LogP contribution in [0.1, 0.15) is 49.4 Å². The second-order valence-corrected chi connectivity index (χ2v) is 5.96. The van der Waals surface area contributed by atoms with Crippen LogP contribution in [0, 0.1) is 5.92 Å². The van der Waals surface area contributed by atoms with Crippen molar-refractivity contribution in [1.82, 2.24) is 5.32 Å². The smallest absolute Gasteiger partial charge is 0.255 e. The molecule has 1 aromatic rings. The van der Waals surface area contributed by atoms with Crippen LogP contribution in [0.4, 0.5) is 0 Å². The molecule has 1 saturated carbocycles. The van der Waals surface area contributed by atoms with Gasteiger partial charge in [-0.2, -0.15) is 0 Å². The van der Waals surface area contributed by atoms with Gasteiger partial charge in [-0.1, -0.05) is 13.3 Å². The summed E-state index contributed by atoms with van der Waals surface area (Å²) < 4.78 is 0. The minimum Gasteiger partial charge on any atom is -0.508 e. The van der Waals surface area contributed by atoms with Crippen molar-refractivity contribution in [3.63, 3.8) is 0 Å². The van der Waals surface area contributed by atoms with Gasteiger partial charge in [-0.3, -0.25) is 4.79 Å². The van der Waals surface area contributed by atoms with Crippen molar-refractivity contribution in [1.29, 1.82) is 0 Å². The topological polar surface area (TPSA) is 89.8 Å². The zero-order valence-electron chi connectivity index (χ0n) is 12.3. The van der Waals surface area contributed by atoms with Crippen LogP contribution in [-0.4, -0.2) is 33.4 Å². The summed E-state index contributed by atoms with van der Waals surface area (Å²) in [6, 6.07) is 3.79. The van der Waals surface area contributed by atoms with Gasteiger partial charge in [-0.05, 0) is 49.8 Å². The number of benzene rings is 1. The average molecular weight is 293 g/mol. The molecular formula is C16H23NO4. The van der Waals surface area contributed by atoms with E-state index in [0.29, 0.717) is 18.8 Å². The standard InChI is InChI=1S/C16H23NO4/c1-2-11-5-7-16(21,8-6-11)10-17-15(20)13-9-12(18)3-4-14(13)19/h3-4,9,11,18-19,21H,2,5-8,10H2,1H3,(H,17,20). The Morgan fingerprint density at radius 2 is 2.00 bits per heavy atom. The van der Waals surface area contributed by atoms with Crippen molar-refractivity contribution < 1.29 is 20.1 Å². The maximum atomic E-state index is 12.0. The van der Waals surface area contributed by atoms with Gasteiger partial charge >= 0.3 is 0 Å². The van der Waals surface area contributed by atoms with Crippen LogP contribution < -0.4 is 5.32 Å². The number of aromatic hydroxyl groups is 2.